The fraction of sp³-hybridized carbons (Fsp3) is 0.708. The predicted molar refractivity (Wildman–Crippen MR) is 112 cm³/mol. The average Bonchev–Trinajstić information content (AvgIpc) is 3.07. The number of nitrogens with one attached hydrogen (secondary N) is 1. The van der Waals surface area contributed by atoms with E-state index in [1.807, 2.05) is 0 Å². The van der Waals surface area contributed by atoms with Gasteiger partial charge in [-0.3, -0.25) is 4.79 Å². The largest absolute Gasteiger partial charge is 0.493 e. The molecule has 6 heteroatoms. The molecule has 1 saturated heterocycles. The summed E-state index contributed by atoms with van der Waals surface area (Å²) in [6.07, 6.45) is 4.12. The van der Waals surface area contributed by atoms with Gasteiger partial charge in [-0.05, 0) is 59.6 Å². The van der Waals surface area contributed by atoms with Gasteiger partial charge in [-0.25, -0.2) is 0 Å². The van der Waals surface area contributed by atoms with Crippen molar-refractivity contribution < 1.29 is 23.7 Å². The van der Waals surface area contributed by atoms with Crippen molar-refractivity contribution in [1.82, 2.24) is 5.32 Å². The summed E-state index contributed by atoms with van der Waals surface area (Å²) in [7, 11) is 1.67. The zero-order valence-corrected chi connectivity index (χ0v) is 18.5. The van der Waals surface area contributed by atoms with Gasteiger partial charge in [-0.2, -0.15) is 0 Å². The highest BCUT2D eigenvalue weighted by Gasteiger charge is 2.68. The Balaban J connectivity index is 1.53. The summed E-state index contributed by atoms with van der Waals surface area (Å²) in [4.78, 5) is 12.1. The zero-order valence-electron chi connectivity index (χ0n) is 18.5. The minimum atomic E-state index is -0.0258. The van der Waals surface area contributed by atoms with Gasteiger partial charge in [0.25, 0.3) is 0 Å². The van der Waals surface area contributed by atoms with E-state index >= 15 is 0 Å². The van der Waals surface area contributed by atoms with Crippen LogP contribution in [0.2, 0.25) is 0 Å². The molecule has 1 N–H and O–H groups in total. The Morgan fingerprint density at radius 3 is 2.77 bits per heavy atom. The quantitative estimate of drug-likeness (QED) is 0.812. The molecule has 2 heterocycles. The van der Waals surface area contributed by atoms with Crippen molar-refractivity contribution in [2.45, 2.75) is 58.6 Å². The fourth-order valence-electron chi connectivity index (χ4n) is 6.90. The highest BCUT2D eigenvalue weighted by molar-refractivity contribution is 5.73. The smallest absolute Gasteiger partial charge is 0.217 e. The van der Waals surface area contributed by atoms with Crippen molar-refractivity contribution in [1.29, 1.82) is 0 Å². The molecule has 2 aliphatic carbocycles. The summed E-state index contributed by atoms with van der Waals surface area (Å²) in [6, 6.07) is 4.32. The Labute approximate surface area is 178 Å². The van der Waals surface area contributed by atoms with Crippen LogP contribution >= 0.6 is 0 Å². The lowest BCUT2D eigenvalue weighted by atomic mass is 9.59. The molecule has 2 aliphatic heterocycles. The second-order valence-corrected chi connectivity index (χ2v) is 10.1. The van der Waals surface area contributed by atoms with Crippen LogP contribution in [0.25, 0.3) is 0 Å². The molecule has 1 amide bonds. The van der Waals surface area contributed by atoms with E-state index in [4.69, 9.17) is 18.9 Å². The topological polar surface area (TPSA) is 66.0 Å². The van der Waals surface area contributed by atoms with Crippen LogP contribution in [0.15, 0.2) is 12.1 Å². The second-order valence-electron chi connectivity index (χ2n) is 10.1. The molecular weight excluding hydrogens is 382 g/mol. The van der Waals surface area contributed by atoms with Crippen molar-refractivity contribution in [3.63, 3.8) is 0 Å². The number of rotatable bonds is 3. The molecule has 1 aromatic rings. The Morgan fingerprint density at radius 1 is 1.20 bits per heavy atom. The number of ether oxygens (including phenoxy) is 4. The molecule has 2 saturated carbocycles. The third-order valence-electron chi connectivity index (χ3n) is 8.24. The molecule has 5 atom stereocenters. The van der Waals surface area contributed by atoms with Crippen molar-refractivity contribution >= 4 is 5.91 Å². The van der Waals surface area contributed by atoms with Crippen molar-refractivity contribution in [2.24, 2.45) is 22.7 Å². The van der Waals surface area contributed by atoms with Crippen LogP contribution in [-0.4, -0.2) is 38.9 Å². The van der Waals surface area contributed by atoms with Crippen LogP contribution in [0.3, 0.4) is 0 Å². The van der Waals surface area contributed by atoms with Crippen molar-refractivity contribution in [2.75, 3.05) is 26.9 Å². The molecule has 1 spiro atoms. The molecular formula is C24H33NO5. The molecule has 1 unspecified atom stereocenters. The first kappa shape index (κ1) is 20.0. The van der Waals surface area contributed by atoms with E-state index in [0.29, 0.717) is 43.2 Å². The summed E-state index contributed by atoms with van der Waals surface area (Å²) in [5, 5.41) is 3.34. The molecule has 5 rings (SSSR count). The van der Waals surface area contributed by atoms with E-state index in [1.165, 1.54) is 0 Å². The lowest BCUT2D eigenvalue weighted by Gasteiger charge is -2.53. The number of methoxy groups -OCH3 is 1. The number of carbonyl (C=O) groups is 1. The highest BCUT2D eigenvalue weighted by Crippen LogP contribution is 2.70. The summed E-state index contributed by atoms with van der Waals surface area (Å²) < 4.78 is 23.9. The highest BCUT2D eigenvalue weighted by atomic mass is 16.5. The summed E-state index contributed by atoms with van der Waals surface area (Å²) in [5.74, 6) is 3.16. The second kappa shape index (κ2) is 7.04. The van der Waals surface area contributed by atoms with Crippen LogP contribution < -0.4 is 19.5 Å². The summed E-state index contributed by atoms with van der Waals surface area (Å²) in [6.45, 7) is 8.26. The van der Waals surface area contributed by atoms with Gasteiger partial charge >= 0.3 is 0 Å². The van der Waals surface area contributed by atoms with E-state index in [-0.39, 0.29) is 28.9 Å². The molecule has 3 fully saturated rings. The maximum absolute atomic E-state index is 12.1. The van der Waals surface area contributed by atoms with Crippen LogP contribution in [0.5, 0.6) is 17.2 Å². The summed E-state index contributed by atoms with van der Waals surface area (Å²) in [5.41, 5.74) is 1.28. The normalized spacial score (nSPS) is 36.0. The van der Waals surface area contributed by atoms with E-state index in [1.54, 1.807) is 14.0 Å². The van der Waals surface area contributed by atoms with Gasteiger partial charge in [-0.1, -0.05) is 13.8 Å². The SMILES string of the molecule is COc1cc([C@H]2OCCC34C[C@@H](C[C@H]23)C(C)(C)[C@@H]4NC(C)=O)cc2c1OCCCO2. The van der Waals surface area contributed by atoms with Crippen LogP contribution in [0.4, 0.5) is 0 Å². The average molecular weight is 416 g/mol. The van der Waals surface area contributed by atoms with E-state index < -0.39 is 0 Å². The molecule has 164 valence electrons. The first-order chi connectivity index (χ1) is 14.4. The number of benzene rings is 1. The van der Waals surface area contributed by atoms with E-state index in [2.05, 4.69) is 31.3 Å². The fourth-order valence-corrected chi connectivity index (χ4v) is 6.90. The van der Waals surface area contributed by atoms with E-state index in [9.17, 15) is 4.79 Å². The number of hydrogen-bond acceptors (Lipinski definition) is 5. The predicted octanol–water partition coefficient (Wildman–Crippen LogP) is 3.88. The third-order valence-corrected chi connectivity index (χ3v) is 8.24. The standard InChI is InChI=1S/C24H33NO5/c1-14(26)25-22-23(2,3)16-12-17-20(30-9-6-24(17,22)13-16)15-10-18(27-4)21-19(11-15)28-7-5-8-29-21/h10-11,16-17,20,22H,5-9,12-13H2,1-4H3,(H,25,26)/t16-,17-,20-,22+,24?/m1/s1. The van der Waals surface area contributed by atoms with Crippen LogP contribution in [0, 0.1) is 22.7 Å². The molecule has 4 aliphatic rings. The number of hydrogen-bond donors (Lipinski definition) is 1. The first-order valence-corrected chi connectivity index (χ1v) is 11.2. The zero-order chi connectivity index (χ0) is 21.1. The van der Waals surface area contributed by atoms with Crippen molar-refractivity contribution in [3.05, 3.63) is 17.7 Å². The van der Waals surface area contributed by atoms with Gasteiger partial charge in [0, 0.05) is 26.0 Å². The minimum Gasteiger partial charge on any atom is -0.493 e. The van der Waals surface area contributed by atoms with Gasteiger partial charge in [-0.15, -0.1) is 0 Å². The molecule has 30 heavy (non-hydrogen) atoms. The molecule has 0 radical (unpaired) electrons. The van der Waals surface area contributed by atoms with Crippen molar-refractivity contribution in [3.8, 4) is 17.2 Å². The Bertz CT molecular complexity index is 852. The third kappa shape index (κ3) is 2.83. The molecule has 6 nitrogen and oxygen atoms in total. The van der Waals surface area contributed by atoms with Crippen LogP contribution in [-0.2, 0) is 9.53 Å². The molecule has 2 bridgehead atoms. The number of fused-ring (bicyclic) bond motifs is 2. The number of carbonyl (C=O) groups excluding carboxylic acids is 1. The molecule has 1 aromatic carbocycles. The van der Waals surface area contributed by atoms with Gasteiger partial charge in [0.1, 0.15) is 0 Å². The maximum atomic E-state index is 12.1. The summed E-state index contributed by atoms with van der Waals surface area (Å²) >= 11 is 0. The number of amides is 1. The van der Waals surface area contributed by atoms with Gasteiger partial charge in [0.05, 0.1) is 26.4 Å². The molecule has 0 aromatic heterocycles. The first-order valence-electron chi connectivity index (χ1n) is 11.2. The van der Waals surface area contributed by atoms with Crippen LogP contribution in [0.1, 0.15) is 58.1 Å². The monoisotopic (exact) mass is 415 g/mol. The Kier molecular flexibility index (Phi) is 4.69. The Morgan fingerprint density at radius 2 is 2.00 bits per heavy atom. The lowest BCUT2D eigenvalue weighted by molar-refractivity contribution is -0.136. The Hall–Kier alpha value is -1.95. The minimum absolute atomic E-state index is 0.0258. The van der Waals surface area contributed by atoms with E-state index in [0.717, 1.165) is 37.0 Å². The lowest BCUT2D eigenvalue weighted by Crippen LogP contribution is -2.58. The van der Waals surface area contributed by atoms with Gasteiger partial charge < -0.3 is 24.3 Å². The van der Waals surface area contributed by atoms with Gasteiger partial charge in [0.2, 0.25) is 11.7 Å². The maximum Gasteiger partial charge on any atom is 0.217 e. The van der Waals surface area contributed by atoms with Gasteiger partial charge in [0.15, 0.2) is 11.5 Å².